The van der Waals surface area contributed by atoms with Gasteiger partial charge in [0.1, 0.15) is 17.7 Å². The molecule has 0 radical (unpaired) electrons. The molecule has 1 aromatic rings. The summed E-state index contributed by atoms with van der Waals surface area (Å²) in [7, 11) is 0. The van der Waals surface area contributed by atoms with Crippen molar-refractivity contribution in [1.82, 2.24) is 5.32 Å². The van der Waals surface area contributed by atoms with Gasteiger partial charge in [-0.3, -0.25) is 10.1 Å². The quantitative estimate of drug-likeness (QED) is 0.824. The van der Waals surface area contributed by atoms with E-state index >= 15 is 0 Å². The van der Waals surface area contributed by atoms with E-state index in [-0.39, 0.29) is 0 Å². The van der Waals surface area contributed by atoms with Gasteiger partial charge in [0.05, 0.1) is 6.54 Å². The first-order chi connectivity index (χ1) is 8.19. The number of rotatable bonds is 4. The third-order valence-corrected chi connectivity index (χ3v) is 1.97. The van der Waals surface area contributed by atoms with Crippen molar-refractivity contribution in [2.45, 2.75) is 12.2 Å². The van der Waals surface area contributed by atoms with Crippen LogP contribution in [0.25, 0.3) is 0 Å². The maximum atomic E-state index is 12.8. The second-order valence-electron chi connectivity index (χ2n) is 3.47. The Balaban J connectivity index is 2.94. The van der Waals surface area contributed by atoms with Crippen molar-refractivity contribution < 1.29 is 31.9 Å². The summed E-state index contributed by atoms with van der Waals surface area (Å²) in [5.41, 5.74) is -0.427. The van der Waals surface area contributed by atoms with E-state index in [1.165, 1.54) is 0 Å². The van der Waals surface area contributed by atoms with Gasteiger partial charge in [0.15, 0.2) is 0 Å². The molecule has 8 heteroatoms. The minimum Gasteiger partial charge on any atom is -0.480 e. The van der Waals surface area contributed by atoms with Crippen molar-refractivity contribution in [2.24, 2.45) is 0 Å². The van der Waals surface area contributed by atoms with Crippen molar-refractivity contribution in [3.63, 3.8) is 0 Å². The molecule has 0 spiro atoms. The number of alkyl halides is 3. The van der Waals surface area contributed by atoms with Gasteiger partial charge in [-0.05, 0) is 17.7 Å². The lowest BCUT2D eigenvalue weighted by atomic mass is 10.1. The third kappa shape index (κ3) is 4.28. The van der Waals surface area contributed by atoms with Gasteiger partial charge in [0.25, 0.3) is 0 Å². The van der Waals surface area contributed by atoms with Crippen LogP contribution in [-0.2, 0) is 4.79 Å². The van der Waals surface area contributed by atoms with Gasteiger partial charge in [-0.1, -0.05) is 0 Å². The van der Waals surface area contributed by atoms with Crippen LogP contribution >= 0.6 is 0 Å². The van der Waals surface area contributed by atoms with Gasteiger partial charge >= 0.3 is 12.1 Å². The topological polar surface area (TPSA) is 49.3 Å². The summed E-state index contributed by atoms with van der Waals surface area (Å²) in [6, 6.07) is -0.0281. The van der Waals surface area contributed by atoms with Crippen LogP contribution < -0.4 is 5.32 Å². The highest BCUT2D eigenvalue weighted by atomic mass is 19.4. The lowest BCUT2D eigenvalue weighted by Crippen LogP contribution is -2.36. The van der Waals surface area contributed by atoms with E-state index in [4.69, 9.17) is 5.11 Å². The second-order valence-corrected chi connectivity index (χ2v) is 3.47. The number of carboxylic acid groups (broad SMARTS) is 1. The van der Waals surface area contributed by atoms with Crippen molar-refractivity contribution in [3.05, 3.63) is 35.4 Å². The molecular formula is C10H8F5NO2. The van der Waals surface area contributed by atoms with E-state index in [2.05, 4.69) is 0 Å². The molecule has 0 saturated carbocycles. The molecule has 100 valence electrons. The Labute approximate surface area is 98.2 Å². The van der Waals surface area contributed by atoms with Gasteiger partial charge in [-0.2, -0.15) is 13.2 Å². The van der Waals surface area contributed by atoms with E-state index in [1.807, 2.05) is 0 Å². The number of carbonyl (C=O) groups is 1. The van der Waals surface area contributed by atoms with E-state index in [1.54, 1.807) is 5.32 Å². The molecular weight excluding hydrogens is 261 g/mol. The van der Waals surface area contributed by atoms with Crippen molar-refractivity contribution in [1.29, 1.82) is 0 Å². The largest absolute Gasteiger partial charge is 0.480 e. The zero-order valence-electron chi connectivity index (χ0n) is 8.76. The van der Waals surface area contributed by atoms with Gasteiger partial charge in [-0.15, -0.1) is 0 Å². The number of hydrogen-bond acceptors (Lipinski definition) is 2. The summed E-state index contributed by atoms with van der Waals surface area (Å²) < 4.78 is 61.5. The predicted octanol–water partition coefficient (Wildman–Crippen LogP) is 2.24. The van der Waals surface area contributed by atoms with E-state index in [0.29, 0.717) is 18.2 Å². The normalized spacial score (nSPS) is 13.4. The van der Waals surface area contributed by atoms with E-state index < -0.39 is 41.9 Å². The molecule has 0 aromatic heterocycles. The zero-order chi connectivity index (χ0) is 13.9. The lowest BCUT2D eigenvalue weighted by Gasteiger charge is -2.16. The van der Waals surface area contributed by atoms with Gasteiger partial charge in [0.2, 0.25) is 0 Å². The molecule has 1 atom stereocenters. The van der Waals surface area contributed by atoms with Crippen molar-refractivity contribution in [2.75, 3.05) is 6.54 Å². The Hall–Kier alpha value is -1.70. The Bertz CT molecular complexity index is 426. The van der Waals surface area contributed by atoms with Crippen molar-refractivity contribution >= 4 is 5.97 Å². The summed E-state index contributed by atoms with van der Waals surface area (Å²) in [6.07, 6.45) is -4.63. The molecule has 1 unspecified atom stereocenters. The molecule has 0 aliphatic carbocycles. The number of nitrogens with one attached hydrogen (secondary N) is 1. The minimum absolute atomic E-state index is 0.427. The van der Waals surface area contributed by atoms with Crippen molar-refractivity contribution in [3.8, 4) is 0 Å². The average Bonchev–Trinajstić information content (AvgIpc) is 2.13. The number of carboxylic acids is 1. The first kappa shape index (κ1) is 14.4. The van der Waals surface area contributed by atoms with Crippen LogP contribution in [0.15, 0.2) is 18.2 Å². The fourth-order valence-electron chi connectivity index (χ4n) is 1.31. The number of hydrogen-bond donors (Lipinski definition) is 2. The summed E-state index contributed by atoms with van der Waals surface area (Å²) in [4.78, 5) is 10.8. The van der Waals surface area contributed by atoms with Crippen LogP contribution in [0.3, 0.4) is 0 Å². The summed E-state index contributed by atoms with van der Waals surface area (Å²) >= 11 is 0. The Morgan fingerprint density at radius 2 is 1.72 bits per heavy atom. The Morgan fingerprint density at radius 1 is 1.22 bits per heavy atom. The molecule has 0 aliphatic heterocycles. The maximum Gasteiger partial charge on any atom is 0.401 e. The lowest BCUT2D eigenvalue weighted by molar-refractivity contribution is -0.143. The first-order valence-electron chi connectivity index (χ1n) is 4.68. The average molecular weight is 269 g/mol. The molecule has 3 nitrogen and oxygen atoms in total. The van der Waals surface area contributed by atoms with Crippen LogP contribution in [0.1, 0.15) is 11.6 Å². The molecule has 0 heterocycles. The molecule has 0 fully saturated rings. The summed E-state index contributed by atoms with van der Waals surface area (Å²) in [5, 5.41) is 10.4. The number of benzene rings is 1. The predicted molar refractivity (Wildman–Crippen MR) is 50.8 cm³/mol. The molecule has 0 aliphatic rings. The van der Waals surface area contributed by atoms with Crippen LogP contribution in [0.5, 0.6) is 0 Å². The standard InChI is InChI=1S/C10H8F5NO2/c11-6-1-5(2-7(12)3-6)8(9(17)18)16-4-10(13,14)15/h1-3,8,16H,4H2,(H,17,18). The van der Waals surface area contributed by atoms with E-state index in [0.717, 1.165) is 0 Å². The van der Waals surface area contributed by atoms with Crippen LogP contribution in [0, 0.1) is 11.6 Å². The van der Waals surface area contributed by atoms with Gasteiger partial charge in [-0.25, -0.2) is 8.78 Å². The number of halogens is 5. The fourth-order valence-corrected chi connectivity index (χ4v) is 1.31. The summed E-state index contributed by atoms with van der Waals surface area (Å²) in [6.45, 7) is -1.58. The minimum atomic E-state index is -4.63. The van der Waals surface area contributed by atoms with Crippen LogP contribution in [0.4, 0.5) is 22.0 Å². The molecule has 0 saturated heterocycles. The fraction of sp³-hybridized carbons (Fsp3) is 0.300. The highest BCUT2D eigenvalue weighted by molar-refractivity contribution is 5.75. The molecule has 1 aromatic carbocycles. The Kier molecular flexibility index (Phi) is 4.23. The smallest absolute Gasteiger partial charge is 0.401 e. The maximum absolute atomic E-state index is 12.8. The second kappa shape index (κ2) is 5.30. The highest BCUT2D eigenvalue weighted by Crippen LogP contribution is 2.19. The first-order valence-corrected chi connectivity index (χ1v) is 4.68. The molecule has 0 amide bonds. The van der Waals surface area contributed by atoms with Crippen LogP contribution in [0.2, 0.25) is 0 Å². The molecule has 0 bridgehead atoms. The summed E-state index contributed by atoms with van der Waals surface area (Å²) in [5.74, 6) is -3.79. The van der Waals surface area contributed by atoms with E-state index in [9.17, 15) is 26.7 Å². The highest BCUT2D eigenvalue weighted by Gasteiger charge is 2.31. The molecule has 2 N–H and O–H groups in total. The molecule has 18 heavy (non-hydrogen) atoms. The van der Waals surface area contributed by atoms with Gasteiger partial charge < -0.3 is 5.11 Å². The SMILES string of the molecule is O=C(O)C(NCC(F)(F)F)c1cc(F)cc(F)c1. The Morgan fingerprint density at radius 3 is 2.11 bits per heavy atom. The zero-order valence-corrected chi connectivity index (χ0v) is 8.76. The number of aliphatic carboxylic acids is 1. The molecule has 1 rings (SSSR count). The monoisotopic (exact) mass is 269 g/mol. The van der Waals surface area contributed by atoms with Gasteiger partial charge in [0, 0.05) is 6.07 Å². The van der Waals surface area contributed by atoms with Crippen LogP contribution in [-0.4, -0.2) is 23.8 Å². The third-order valence-electron chi connectivity index (χ3n) is 1.97.